The Morgan fingerprint density at radius 2 is 1.44 bits per heavy atom. The van der Waals surface area contributed by atoms with Crippen LogP contribution in [0.15, 0.2) is 48.5 Å². The Morgan fingerprint density at radius 1 is 0.840 bits per heavy atom. The Kier molecular flexibility index (Phi) is 6.14. The smallest absolute Gasteiger partial charge is 0.0710 e. The minimum absolute atomic E-state index is 0.777. The summed E-state index contributed by atoms with van der Waals surface area (Å²) in [6.45, 7) is 17.1. The van der Waals surface area contributed by atoms with Gasteiger partial charge in [0.2, 0.25) is 0 Å². The zero-order valence-electron chi connectivity index (χ0n) is 16.9. The van der Waals surface area contributed by atoms with Crippen LogP contribution in [-0.2, 0) is 0 Å². The molecular weight excluding hydrogens is 332 g/mol. The summed E-state index contributed by atoms with van der Waals surface area (Å²) in [4.78, 5) is 0. The van der Waals surface area contributed by atoms with Gasteiger partial charge in [-0.3, -0.25) is 0 Å². The van der Waals surface area contributed by atoms with Crippen molar-refractivity contribution in [3.63, 3.8) is 0 Å². The molecule has 0 unspecified atom stereocenters. The van der Waals surface area contributed by atoms with Crippen molar-refractivity contribution in [3.8, 4) is 11.8 Å². The molecule has 0 radical (unpaired) electrons. The maximum absolute atomic E-state index is 3.49. The van der Waals surface area contributed by atoms with E-state index in [1.807, 2.05) is 0 Å². The topological polar surface area (TPSA) is 0 Å². The molecule has 0 aliphatic heterocycles. The summed E-state index contributed by atoms with van der Waals surface area (Å²) in [5.74, 6) is 7.65. The standard InChI is InChI=1S/C23H32Si2/c1-19(2)18-24(4,5)25(6,7)23-11-9-8-10-22(23)17-16-21-14-12-20(3)13-15-21/h8-15,19H,18H2,1-7H3. The molecule has 2 rings (SSSR count). The third kappa shape index (κ3) is 4.74. The van der Waals surface area contributed by atoms with E-state index in [0.717, 1.165) is 11.5 Å². The summed E-state index contributed by atoms with van der Waals surface area (Å²) in [6, 6.07) is 18.8. The van der Waals surface area contributed by atoms with Crippen molar-refractivity contribution in [1.82, 2.24) is 0 Å². The molecular formula is C23H32Si2. The van der Waals surface area contributed by atoms with E-state index in [4.69, 9.17) is 0 Å². The highest BCUT2D eigenvalue weighted by atomic mass is 29.3. The van der Waals surface area contributed by atoms with Crippen molar-refractivity contribution in [2.45, 2.75) is 53.0 Å². The summed E-state index contributed by atoms with van der Waals surface area (Å²) < 4.78 is 0. The predicted octanol–water partition coefficient (Wildman–Crippen LogP) is 5.75. The molecule has 0 saturated heterocycles. The SMILES string of the molecule is Cc1ccc(C#Cc2ccccc2[Si](C)(C)[Si](C)(C)CC(C)C)cc1. The highest BCUT2D eigenvalue weighted by molar-refractivity contribution is 7.45. The molecule has 0 saturated carbocycles. The van der Waals surface area contributed by atoms with E-state index in [1.165, 1.54) is 17.2 Å². The van der Waals surface area contributed by atoms with E-state index >= 15 is 0 Å². The van der Waals surface area contributed by atoms with Gasteiger partial charge in [0, 0.05) is 18.7 Å². The summed E-state index contributed by atoms with van der Waals surface area (Å²) in [6.07, 6.45) is 0. The van der Waals surface area contributed by atoms with Crippen LogP contribution in [0.2, 0.25) is 32.2 Å². The Balaban J connectivity index is 2.43. The van der Waals surface area contributed by atoms with E-state index in [9.17, 15) is 0 Å². The summed E-state index contributed by atoms with van der Waals surface area (Å²) in [5.41, 5.74) is 3.61. The van der Waals surface area contributed by atoms with E-state index in [0.29, 0.717) is 0 Å². The molecule has 25 heavy (non-hydrogen) atoms. The van der Waals surface area contributed by atoms with Crippen LogP contribution in [-0.4, -0.2) is 15.2 Å². The molecule has 2 heteroatoms. The fraction of sp³-hybridized carbons (Fsp3) is 0.391. The van der Waals surface area contributed by atoms with Gasteiger partial charge in [0.05, 0.1) is 7.59 Å². The first-order valence-electron chi connectivity index (χ1n) is 9.32. The maximum Gasteiger partial charge on any atom is 0.0755 e. The van der Waals surface area contributed by atoms with Crippen molar-refractivity contribution in [1.29, 1.82) is 0 Å². The van der Waals surface area contributed by atoms with E-state index in [1.54, 1.807) is 5.19 Å². The van der Waals surface area contributed by atoms with Gasteiger partial charge in [-0.1, -0.05) is 93.8 Å². The normalized spacial score (nSPS) is 12.0. The Morgan fingerprint density at radius 3 is 2.04 bits per heavy atom. The quantitative estimate of drug-likeness (QED) is 0.478. The van der Waals surface area contributed by atoms with Crippen LogP contribution in [0.3, 0.4) is 0 Å². The average Bonchev–Trinajstić information content (AvgIpc) is 2.53. The van der Waals surface area contributed by atoms with Crippen molar-refractivity contribution >= 4 is 20.4 Å². The van der Waals surface area contributed by atoms with Gasteiger partial charge < -0.3 is 0 Å². The average molecular weight is 365 g/mol. The second kappa shape index (κ2) is 7.76. The summed E-state index contributed by atoms with van der Waals surface area (Å²) >= 11 is 0. The van der Waals surface area contributed by atoms with Crippen LogP contribution in [0.1, 0.15) is 30.5 Å². The molecule has 0 nitrogen and oxygen atoms in total. The van der Waals surface area contributed by atoms with E-state index in [-0.39, 0.29) is 0 Å². The Hall–Kier alpha value is -1.57. The van der Waals surface area contributed by atoms with Crippen LogP contribution >= 0.6 is 0 Å². The largest absolute Gasteiger partial charge is 0.0755 e. The van der Waals surface area contributed by atoms with Crippen LogP contribution in [0.25, 0.3) is 0 Å². The molecule has 0 bridgehead atoms. The highest BCUT2D eigenvalue weighted by Gasteiger charge is 2.43. The van der Waals surface area contributed by atoms with Gasteiger partial charge in [-0.15, -0.1) is 0 Å². The van der Waals surface area contributed by atoms with Gasteiger partial charge in [0.1, 0.15) is 0 Å². The lowest BCUT2D eigenvalue weighted by Crippen LogP contribution is -2.63. The molecule has 0 spiro atoms. The van der Waals surface area contributed by atoms with Gasteiger partial charge >= 0.3 is 0 Å². The zero-order chi connectivity index (χ0) is 18.7. The summed E-state index contributed by atoms with van der Waals surface area (Å²) in [7, 11) is -2.84. The van der Waals surface area contributed by atoms with Gasteiger partial charge in [-0.2, -0.15) is 0 Å². The minimum atomic E-state index is -1.53. The van der Waals surface area contributed by atoms with Crippen molar-refractivity contribution < 1.29 is 0 Å². The lowest BCUT2D eigenvalue weighted by molar-refractivity contribution is 0.724. The highest BCUT2D eigenvalue weighted by Crippen LogP contribution is 2.27. The minimum Gasteiger partial charge on any atom is -0.0710 e. The first-order valence-corrected chi connectivity index (χ1v) is 16.5. The first kappa shape index (κ1) is 19.8. The lowest BCUT2D eigenvalue weighted by atomic mass is 10.1. The van der Waals surface area contributed by atoms with Crippen molar-refractivity contribution in [2.24, 2.45) is 5.92 Å². The van der Waals surface area contributed by atoms with Crippen molar-refractivity contribution in [3.05, 3.63) is 65.2 Å². The Bertz CT molecular complexity index is 772. The molecule has 0 fully saturated rings. The molecule has 2 aromatic rings. The summed E-state index contributed by atoms with van der Waals surface area (Å²) in [5, 5.41) is 1.55. The number of rotatable bonds is 4. The molecule has 0 amide bonds. The van der Waals surface area contributed by atoms with Gasteiger partial charge in [-0.05, 0) is 36.2 Å². The fourth-order valence-electron chi connectivity index (χ4n) is 3.55. The molecule has 0 heterocycles. The third-order valence-corrected chi connectivity index (χ3v) is 24.2. The predicted molar refractivity (Wildman–Crippen MR) is 118 cm³/mol. The number of aryl methyl sites for hydroxylation is 1. The molecule has 0 N–H and O–H groups in total. The van der Waals surface area contributed by atoms with Gasteiger partial charge in [0.15, 0.2) is 0 Å². The molecule has 0 atom stereocenters. The molecule has 2 aromatic carbocycles. The number of benzene rings is 2. The molecule has 0 aliphatic carbocycles. The Labute approximate surface area is 156 Å². The molecule has 0 aliphatic rings. The van der Waals surface area contributed by atoms with E-state index in [2.05, 4.69) is 107 Å². The monoisotopic (exact) mass is 364 g/mol. The maximum atomic E-state index is 3.49. The fourth-order valence-corrected chi connectivity index (χ4v) is 13.8. The number of hydrogen-bond acceptors (Lipinski definition) is 0. The van der Waals surface area contributed by atoms with Crippen LogP contribution in [0.4, 0.5) is 0 Å². The van der Waals surface area contributed by atoms with Crippen molar-refractivity contribution in [2.75, 3.05) is 0 Å². The van der Waals surface area contributed by atoms with Crippen LogP contribution in [0.5, 0.6) is 0 Å². The second-order valence-electron chi connectivity index (χ2n) is 8.77. The van der Waals surface area contributed by atoms with Gasteiger partial charge in [-0.25, -0.2) is 0 Å². The third-order valence-electron chi connectivity index (χ3n) is 5.60. The van der Waals surface area contributed by atoms with E-state index < -0.39 is 15.2 Å². The first-order chi connectivity index (χ1) is 11.6. The van der Waals surface area contributed by atoms with Crippen LogP contribution in [0, 0.1) is 24.7 Å². The number of hydrogen-bond donors (Lipinski definition) is 0. The molecule has 132 valence electrons. The van der Waals surface area contributed by atoms with Crippen LogP contribution < -0.4 is 5.19 Å². The zero-order valence-corrected chi connectivity index (χ0v) is 18.9. The second-order valence-corrected chi connectivity index (χ2v) is 24.5. The lowest BCUT2D eigenvalue weighted by Gasteiger charge is -2.40. The molecule has 0 aromatic heterocycles. The van der Waals surface area contributed by atoms with Gasteiger partial charge in [0.25, 0.3) is 0 Å².